The minimum atomic E-state index is -0.679. The van der Waals surface area contributed by atoms with E-state index in [1.165, 1.54) is 30.5 Å². The maximum absolute atomic E-state index is 13.5. The average Bonchev–Trinajstić information content (AvgIpc) is 2.32. The summed E-state index contributed by atoms with van der Waals surface area (Å²) in [5.41, 5.74) is 5.43. The van der Waals surface area contributed by atoms with E-state index in [0.29, 0.717) is 5.02 Å². The van der Waals surface area contributed by atoms with Crippen LogP contribution in [0.25, 0.3) is 0 Å². The zero-order valence-corrected chi connectivity index (χ0v) is 9.91. The second-order valence-electron chi connectivity index (χ2n) is 3.52. The van der Waals surface area contributed by atoms with Gasteiger partial charge in [0.05, 0.1) is 10.6 Å². The largest absolute Gasteiger partial charge is 0.398 e. The molecule has 2 rings (SSSR count). The number of benzene rings is 1. The van der Waals surface area contributed by atoms with Gasteiger partial charge < -0.3 is 11.1 Å². The van der Waals surface area contributed by atoms with Gasteiger partial charge >= 0.3 is 0 Å². The van der Waals surface area contributed by atoms with Crippen molar-refractivity contribution in [1.82, 2.24) is 4.98 Å². The zero-order valence-electron chi connectivity index (χ0n) is 9.15. The molecule has 0 aliphatic carbocycles. The number of nitrogens with one attached hydrogen (secondary N) is 1. The molecule has 0 fully saturated rings. The van der Waals surface area contributed by atoms with E-state index in [-0.39, 0.29) is 17.1 Å². The maximum atomic E-state index is 13.5. The van der Waals surface area contributed by atoms with Crippen LogP contribution in [0, 0.1) is 5.82 Å². The Morgan fingerprint density at radius 1 is 1.33 bits per heavy atom. The van der Waals surface area contributed by atoms with Gasteiger partial charge in [-0.15, -0.1) is 0 Å². The third kappa shape index (κ3) is 2.57. The standard InChI is InChI=1S/C12H9ClFN3O/c13-7-4-5-10(16-6-7)17-12(18)11-8(14)2-1-3-9(11)15/h1-6H,15H2,(H,16,17,18). The number of hydrogen-bond donors (Lipinski definition) is 2. The van der Waals surface area contributed by atoms with Crippen molar-refractivity contribution in [3.63, 3.8) is 0 Å². The number of anilines is 2. The fourth-order valence-corrected chi connectivity index (χ4v) is 1.52. The molecular formula is C12H9ClFN3O. The normalized spacial score (nSPS) is 10.1. The van der Waals surface area contributed by atoms with Crippen LogP contribution in [0.15, 0.2) is 36.5 Å². The number of nitrogen functional groups attached to an aromatic ring is 1. The van der Waals surface area contributed by atoms with Crippen LogP contribution in [0.4, 0.5) is 15.9 Å². The van der Waals surface area contributed by atoms with Gasteiger partial charge in [0.1, 0.15) is 11.6 Å². The highest BCUT2D eigenvalue weighted by molar-refractivity contribution is 6.30. The SMILES string of the molecule is Nc1cccc(F)c1C(=O)Nc1ccc(Cl)cn1. The molecule has 1 aromatic heterocycles. The van der Waals surface area contributed by atoms with E-state index in [1.807, 2.05) is 0 Å². The van der Waals surface area contributed by atoms with Crippen LogP contribution in [0.5, 0.6) is 0 Å². The van der Waals surface area contributed by atoms with Gasteiger partial charge in [-0.3, -0.25) is 4.79 Å². The predicted octanol–water partition coefficient (Wildman–Crippen LogP) is 2.71. The van der Waals surface area contributed by atoms with Crippen molar-refractivity contribution in [2.75, 3.05) is 11.1 Å². The lowest BCUT2D eigenvalue weighted by Crippen LogP contribution is -2.16. The third-order valence-electron chi connectivity index (χ3n) is 2.24. The van der Waals surface area contributed by atoms with Gasteiger partial charge in [0, 0.05) is 11.9 Å². The van der Waals surface area contributed by atoms with E-state index in [0.717, 1.165) is 0 Å². The first kappa shape index (κ1) is 12.3. The lowest BCUT2D eigenvalue weighted by molar-refractivity contribution is 0.102. The molecule has 0 aliphatic rings. The Kier molecular flexibility index (Phi) is 3.43. The molecular weight excluding hydrogens is 257 g/mol. The van der Waals surface area contributed by atoms with Crippen molar-refractivity contribution in [3.8, 4) is 0 Å². The summed E-state index contributed by atoms with van der Waals surface area (Å²) in [6.07, 6.45) is 1.38. The Labute approximate surface area is 108 Å². The van der Waals surface area contributed by atoms with Gasteiger partial charge in [-0.1, -0.05) is 17.7 Å². The lowest BCUT2D eigenvalue weighted by atomic mass is 10.1. The van der Waals surface area contributed by atoms with E-state index >= 15 is 0 Å². The molecule has 18 heavy (non-hydrogen) atoms. The second-order valence-corrected chi connectivity index (χ2v) is 3.96. The minimum Gasteiger partial charge on any atom is -0.398 e. The summed E-state index contributed by atoms with van der Waals surface area (Å²) in [6.45, 7) is 0. The quantitative estimate of drug-likeness (QED) is 0.821. The van der Waals surface area contributed by atoms with Crippen LogP contribution in [0.3, 0.4) is 0 Å². The van der Waals surface area contributed by atoms with Gasteiger partial charge in [-0.2, -0.15) is 0 Å². The second kappa shape index (κ2) is 5.01. The van der Waals surface area contributed by atoms with Crippen LogP contribution in [0.1, 0.15) is 10.4 Å². The first-order valence-corrected chi connectivity index (χ1v) is 5.42. The molecule has 1 amide bonds. The third-order valence-corrected chi connectivity index (χ3v) is 2.47. The zero-order chi connectivity index (χ0) is 13.1. The van der Waals surface area contributed by atoms with E-state index < -0.39 is 11.7 Å². The first-order valence-electron chi connectivity index (χ1n) is 5.05. The smallest absolute Gasteiger partial charge is 0.261 e. The molecule has 92 valence electrons. The molecule has 1 aromatic carbocycles. The number of pyridine rings is 1. The molecule has 4 nitrogen and oxygen atoms in total. The van der Waals surface area contributed by atoms with Gasteiger partial charge in [-0.25, -0.2) is 9.37 Å². The fourth-order valence-electron chi connectivity index (χ4n) is 1.41. The summed E-state index contributed by atoms with van der Waals surface area (Å²) < 4.78 is 13.5. The summed E-state index contributed by atoms with van der Waals surface area (Å²) in [6, 6.07) is 7.13. The lowest BCUT2D eigenvalue weighted by Gasteiger charge is -2.07. The van der Waals surface area contributed by atoms with Crippen LogP contribution < -0.4 is 11.1 Å². The first-order chi connectivity index (χ1) is 8.58. The molecule has 0 aliphatic heterocycles. The Morgan fingerprint density at radius 2 is 2.11 bits per heavy atom. The van der Waals surface area contributed by atoms with Crippen molar-refractivity contribution in [1.29, 1.82) is 0 Å². The number of hydrogen-bond acceptors (Lipinski definition) is 3. The molecule has 3 N–H and O–H groups in total. The number of rotatable bonds is 2. The maximum Gasteiger partial charge on any atom is 0.261 e. The highest BCUT2D eigenvalue weighted by atomic mass is 35.5. The monoisotopic (exact) mass is 265 g/mol. The van der Waals surface area contributed by atoms with Crippen molar-refractivity contribution >= 4 is 29.0 Å². The van der Waals surface area contributed by atoms with Gasteiger partial charge in [0.25, 0.3) is 5.91 Å². The van der Waals surface area contributed by atoms with E-state index in [2.05, 4.69) is 10.3 Å². The number of amides is 1. The summed E-state index contributed by atoms with van der Waals surface area (Å²) in [5, 5.41) is 2.88. The van der Waals surface area contributed by atoms with E-state index in [9.17, 15) is 9.18 Å². The summed E-state index contributed by atoms with van der Waals surface area (Å²) in [7, 11) is 0. The number of aromatic nitrogens is 1. The Hall–Kier alpha value is -2.14. The molecule has 6 heteroatoms. The van der Waals surface area contributed by atoms with Crippen molar-refractivity contribution < 1.29 is 9.18 Å². The Balaban J connectivity index is 2.25. The molecule has 0 radical (unpaired) electrons. The Bertz CT molecular complexity index is 566. The van der Waals surface area contributed by atoms with Crippen molar-refractivity contribution in [3.05, 3.63) is 52.9 Å². The number of halogens is 2. The number of nitrogens with zero attached hydrogens (tertiary/aromatic N) is 1. The van der Waals surface area contributed by atoms with Gasteiger partial charge in [0.15, 0.2) is 0 Å². The summed E-state index contributed by atoms with van der Waals surface area (Å²) in [5.74, 6) is -1.06. The fraction of sp³-hybridized carbons (Fsp3) is 0. The van der Waals surface area contributed by atoms with Crippen LogP contribution in [-0.2, 0) is 0 Å². The summed E-state index contributed by atoms with van der Waals surface area (Å²) in [4.78, 5) is 15.7. The van der Waals surface area contributed by atoms with Gasteiger partial charge in [-0.05, 0) is 24.3 Å². The highest BCUT2D eigenvalue weighted by Crippen LogP contribution is 2.17. The van der Waals surface area contributed by atoms with Crippen molar-refractivity contribution in [2.24, 2.45) is 0 Å². The van der Waals surface area contributed by atoms with Crippen LogP contribution in [-0.4, -0.2) is 10.9 Å². The van der Waals surface area contributed by atoms with Crippen molar-refractivity contribution in [2.45, 2.75) is 0 Å². The number of carbonyl (C=O) groups is 1. The molecule has 0 unspecified atom stereocenters. The average molecular weight is 266 g/mol. The van der Waals surface area contributed by atoms with Gasteiger partial charge in [0.2, 0.25) is 0 Å². The van der Waals surface area contributed by atoms with Crippen LogP contribution >= 0.6 is 11.6 Å². The molecule has 0 spiro atoms. The molecule has 0 bridgehead atoms. The van der Waals surface area contributed by atoms with Crippen LogP contribution in [0.2, 0.25) is 5.02 Å². The Morgan fingerprint density at radius 3 is 2.72 bits per heavy atom. The number of carbonyl (C=O) groups excluding carboxylic acids is 1. The molecule has 1 heterocycles. The molecule has 0 atom stereocenters. The summed E-state index contributed by atoms with van der Waals surface area (Å²) >= 11 is 5.66. The highest BCUT2D eigenvalue weighted by Gasteiger charge is 2.15. The molecule has 2 aromatic rings. The minimum absolute atomic E-state index is 0.0708. The predicted molar refractivity (Wildman–Crippen MR) is 68.0 cm³/mol. The molecule has 0 saturated heterocycles. The molecule has 0 saturated carbocycles. The van der Waals surface area contributed by atoms with E-state index in [1.54, 1.807) is 6.07 Å². The number of nitrogens with two attached hydrogens (primary N) is 1. The van der Waals surface area contributed by atoms with E-state index in [4.69, 9.17) is 17.3 Å². The topological polar surface area (TPSA) is 68.0 Å².